The zero-order valence-electron chi connectivity index (χ0n) is 9.70. The molecule has 90 valence electrons. The molecule has 0 radical (unpaired) electrons. The summed E-state index contributed by atoms with van der Waals surface area (Å²) in [5.74, 6) is 1.56. The highest BCUT2D eigenvalue weighted by molar-refractivity contribution is 9.10. The normalized spacial score (nSPS) is 13.6. The summed E-state index contributed by atoms with van der Waals surface area (Å²) in [6.45, 7) is 4.00. The Balaban J connectivity index is 2.25. The van der Waals surface area contributed by atoms with Crippen LogP contribution in [-0.2, 0) is 4.79 Å². The summed E-state index contributed by atoms with van der Waals surface area (Å²) in [6.07, 6.45) is 3.38. The first kappa shape index (κ1) is 12.2. The smallest absolute Gasteiger partial charge is 0.231 e. The number of ether oxygens (including phenoxy) is 2. The van der Waals surface area contributed by atoms with Gasteiger partial charge >= 0.3 is 0 Å². The van der Waals surface area contributed by atoms with Crippen LogP contribution in [0.3, 0.4) is 0 Å². The highest BCUT2D eigenvalue weighted by Gasteiger charge is 2.15. The Morgan fingerprint density at radius 1 is 1.35 bits per heavy atom. The van der Waals surface area contributed by atoms with E-state index in [1.165, 1.54) is 0 Å². The molecule has 0 atom stereocenters. The van der Waals surface area contributed by atoms with Gasteiger partial charge in [0.25, 0.3) is 0 Å². The van der Waals surface area contributed by atoms with Crippen LogP contribution < -0.4 is 9.47 Å². The molecular weight excluding hydrogens is 284 g/mol. The van der Waals surface area contributed by atoms with E-state index in [-0.39, 0.29) is 18.5 Å². The molecule has 0 N–H and O–H groups in total. The summed E-state index contributed by atoms with van der Waals surface area (Å²) >= 11 is 3.44. The lowest BCUT2D eigenvalue weighted by atomic mass is 10.1. The molecule has 0 spiro atoms. The number of carbonyl (C=O) groups excluding carboxylic acids is 1. The maximum atomic E-state index is 11.5. The predicted octanol–water partition coefficient (Wildman–Crippen LogP) is 3.42. The van der Waals surface area contributed by atoms with Gasteiger partial charge in [-0.25, -0.2) is 0 Å². The fourth-order valence-corrected chi connectivity index (χ4v) is 1.88. The summed E-state index contributed by atoms with van der Waals surface area (Å²) < 4.78 is 11.4. The van der Waals surface area contributed by atoms with E-state index in [2.05, 4.69) is 15.9 Å². The fraction of sp³-hybridized carbons (Fsp3) is 0.308. The molecule has 0 unspecified atom stereocenters. The number of allylic oxidation sites excluding steroid dienone is 1. The Labute approximate surface area is 109 Å². The van der Waals surface area contributed by atoms with Crippen molar-refractivity contribution in [2.45, 2.75) is 13.8 Å². The Morgan fingerprint density at radius 2 is 2.00 bits per heavy atom. The van der Waals surface area contributed by atoms with E-state index in [0.717, 1.165) is 15.8 Å². The third kappa shape index (κ3) is 2.69. The zero-order valence-corrected chi connectivity index (χ0v) is 11.3. The molecule has 1 aromatic carbocycles. The molecule has 17 heavy (non-hydrogen) atoms. The van der Waals surface area contributed by atoms with Crippen molar-refractivity contribution in [3.8, 4) is 11.5 Å². The van der Waals surface area contributed by atoms with E-state index in [1.807, 2.05) is 26.0 Å². The minimum atomic E-state index is 0.0130. The molecule has 0 amide bonds. The second-order valence-corrected chi connectivity index (χ2v) is 4.97. The molecule has 0 saturated carbocycles. The maximum absolute atomic E-state index is 11.5. The zero-order chi connectivity index (χ0) is 12.4. The van der Waals surface area contributed by atoms with Crippen molar-refractivity contribution in [1.29, 1.82) is 0 Å². The molecular formula is C13H13BrO3. The molecule has 4 heteroatoms. The molecule has 1 aromatic rings. The Morgan fingerprint density at radius 3 is 2.65 bits per heavy atom. The van der Waals surface area contributed by atoms with Crippen LogP contribution in [0.1, 0.15) is 19.4 Å². The molecule has 1 heterocycles. The third-order valence-electron chi connectivity index (χ3n) is 2.49. The van der Waals surface area contributed by atoms with Crippen molar-refractivity contribution >= 4 is 27.8 Å². The molecule has 0 aromatic heterocycles. The first-order valence-electron chi connectivity index (χ1n) is 5.39. The Kier molecular flexibility index (Phi) is 3.52. The number of halogens is 1. The van der Waals surface area contributed by atoms with Crippen LogP contribution in [0.2, 0.25) is 0 Å². The van der Waals surface area contributed by atoms with Gasteiger partial charge in [0.05, 0.1) is 0 Å². The van der Waals surface area contributed by atoms with Gasteiger partial charge in [0, 0.05) is 10.4 Å². The van der Waals surface area contributed by atoms with Crippen molar-refractivity contribution in [2.75, 3.05) is 6.79 Å². The molecule has 0 fully saturated rings. The van der Waals surface area contributed by atoms with Crippen LogP contribution in [0.4, 0.5) is 0 Å². The fourth-order valence-electron chi connectivity index (χ4n) is 1.42. The van der Waals surface area contributed by atoms with Crippen molar-refractivity contribution in [3.05, 3.63) is 28.2 Å². The maximum Gasteiger partial charge on any atom is 0.231 e. The summed E-state index contributed by atoms with van der Waals surface area (Å²) in [7, 11) is 0. The second-order valence-electron chi connectivity index (χ2n) is 4.12. The quantitative estimate of drug-likeness (QED) is 0.802. The average molecular weight is 297 g/mol. The minimum absolute atomic E-state index is 0.0130. The van der Waals surface area contributed by atoms with Gasteiger partial charge in [-0.05, 0) is 23.8 Å². The molecule has 3 nitrogen and oxygen atoms in total. The minimum Gasteiger partial charge on any atom is -0.454 e. The summed E-state index contributed by atoms with van der Waals surface area (Å²) in [4.78, 5) is 11.5. The molecule has 0 saturated heterocycles. The number of ketones is 1. The Hall–Kier alpha value is -1.29. The number of hydrogen-bond donors (Lipinski definition) is 0. The highest BCUT2D eigenvalue weighted by atomic mass is 79.9. The highest BCUT2D eigenvalue weighted by Crippen LogP contribution is 2.37. The first-order chi connectivity index (χ1) is 8.08. The number of benzene rings is 1. The van der Waals surface area contributed by atoms with E-state index in [0.29, 0.717) is 5.75 Å². The van der Waals surface area contributed by atoms with Gasteiger partial charge in [-0.15, -0.1) is 0 Å². The first-order valence-corrected chi connectivity index (χ1v) is 6.18. The lowest BCUT2D eigenvalue weighted by Gasteiger charge is -2.02. The van der Waals surface area contributed by atoms with Gasteiger partial charge < -0.3 is 9.47 Å². The van der Waals surface area contributed by atoms with E-state index >= 15 is 0 Å². The van der Waals surface area contributed by atoms with Gasteiger partial charge in [-0.2, -0.15) is 0 Å². The number of hydrogen-bond acceptors (Lipinski definition) is 3. The molecule has 0 bridgehead atoms. The molecule has 2 rings (SSSR count). The standard InChI is InChI=1S/C13H13BrO3/c1-8(2)11(15)4-3-9-5-12-13(6-10(9)14)17-7-16-12/h3-6,8H,7H2,1-2H3/b4-3+. The Bertz CT molecular complexity index is 478. The van der Waals surface area contributed by atoms with Gasteiger partial charge in [0.15, 0.2) is 17.3 Å². The van der Waals surface area contributed by atoms with E-state index in [4.69, 9.17) is 9.47 Å². The van der Waals surface area contributed by atoms with Gasteiger partial charge in [0.2, 0.25) is 6.79 Å². The predicted molar refractivity (Wildman–Crippen MR) is 69.1 cm³/mol. The summed E-state index contributed by atoms with van der Waals surface area (Å²) in [5.41, 5.74) is 0.906. The van der Waals surface area contributed by atoms with Crippen molar-refractivity contribution in [2.24, 2.45) is 5.92 Å². The van der Waals surface area contributed by atoms with Crippen LogP contribution in [0.5, 0.6) is 11.5 Å². The molecule has 0 aliphatic carbocycles. The molecule has 1 aliphatic heterocycles. The monoisotopic (exact) mass is 296 g/mol. The number of carbonyl (C=O) groups is 1. The van der Waals surface area contributed by atoms with Crippen molar-refractivity contribution in [1.82, 2.24) is 0 Å². The number of rotatable bonds is 3. The van der Waals surface area contributed by atoms with Crippen LogP contribution in [-0.4, -0.2) is 12.6 Å². The third-order valence-corrected chi connectivity index (χ3v) is 3.17. The van der Waals surface area contributed by atoms with E-state index in [1.54, 1.807) is 12.2 Å². The second kappa shape index (κ2) is 4.92. The van der Waals surface area contributed by atoms with Crippen LogP contribution >= 0.6 is 15.9 Å². The van der Waals surface area contributed by atoms with Gasteiger partial charge in [-0.1, -0.05) is 35.9 Å². The lowest BCUT2D eigenvalue weighted by molar-refractivity contribution is -0.117. The lowest BCUT2D eigenvalue weighted by Crippen LogP contribution is -2.01. The topological polar surface area (TPSA) is 35.5 Å². The van der Waals surface area contributed by atoms with E-state index < -0.39 is 0 Å². The largest absolute Gasteiger partial charge is 0.454 e. The van der Waals surface area contributed by atoms with E-state index in [9.17, 15) is 4.79 Å². The van der Waals surface area contributed by atoms with Crippen molar-refractivity contribution in [3.63, 3.8) is 0 Å². The van der Waals surface area contributed by atoms with Crippen LogP contribution in [0.25, 0.3) is 6.08 Å². The van der Waals surface area contributed by atoms with Gasteiger partial charge in [0.1, 0.15) is 0 Å². The van der Waals surface area contributed by atoms with Crippen LogP contribution in [0, 0.1) is 5.92 Å². The average Bonchev–Trinajstić information content (AvgIpc) is 2.72. The SMILES string of the molecule is CC(C)C(=O)/C=C/c1cc2c(cc1Br)OCO2. The van der Waals surface area contributed by atoms with Gasteiger partial charge in [-0.3, -0.25) is 4.79 Å². The summed E-state index contributed by atoms with van der Waals surface area (Å²) in [5, 5.41) is 0. The van der Waals surface area contributed by atoms with Crippen molar-refractivity contribution < 1.29 is 14.3 Å². The van der Waals surface area contributed by atoms with Crippen LogP contribution in [0.15, 0.2) is 22.7 Å². The molecule has 1 aliphatic rings. The number of fused-ring (bicyclic) bond motifs is 1. The summed E-state index contributed by atoms with van der Waals surface area (Å²) in [6, 6.07) is 3.71.